The molecule has 6 nitrogen and oxygen atoms in total. The summed E-state index contributed by atoms with van der Waals surface area (Å²) >= 11 is 0. The van der Waals surface area contributed by atoms with Crippen molar-refractivity contribution in [1.82, 2.24) is 25.2 Å². The lowest BCUT2D eigenvalue weighted by atomic mass is 10.1. The van der Waals surface area contributed by atoms with Gasteiger partial charge in [0.15, 0.2) is 11.6 Å². The van der Waals surface area contributed by atoms with E-state index in [9.17, 15) is 0 Å². The molecule has 0 aliphatic carbocycles. The second-order valence-corrected chi connectivity index (χ2v) is 5.95. The number of hydrogen-bond donors (Lipinski definition) is 1. The van der Waals surface area contributed by atoms with E-state index in [2.05, 4.69) is 25.2 Å². The summed E-state index contributed by atoms with van der Waals surface area (Å²) in [6, 6.07) is 12.4. The minimum absolute atomic E-state index is 0.255. The van der Waals surface area contributed by atoms with Crippen molar-refractivity contribution in [3.63, 3.8) is 0 Å². The van der Waals surface area contributed by atoms with Crippen LogP contribution in [-0.2, 0) is 6.54 Å². The van der Waals surface area contributed by atoms with Crippen LogP contribution < -0.4 is 0 Å². The Labute approximate surface area is 134 Å². The Bertz CT molecular complexity index is 779. The molecule has 1 atom stereocenters. The van der Waals surface area contributed by atoms with E-state index in [0.29, 0.717) is 0 Å². The average molecular weight is 309 g/mol. The summed E-state index contributed by atoms with van der Waals surface area (Å²) in [5.41, 5.74) is 1.95. The first-order valence-electron chi connectivity index (χ1n) is 7.93. The van der Waals surface area contributed by atoms with E-state index in [4.69, 9.17) is 4.52 Å². The number of nitrogens with zero attached hydrogens (tertiary/aromatic N) is 4. The predicted molar refractivity (Wildman–Crippen MR) is 85.4 cm³/mol. The lowest BCUT2D eigenvalue weighted by molar-refractivity contribution is 0.211. The molecule has 1 aliphatic heterocycles. The molecule has 0 saturated carbocycles. The number of aryl methyl sites for hydroxylation is 1. The summed E-state index contributed by atoms with van der Waals surface area (Å²) < 4.78 is 5.53. The van der Waals surface area contributed by atoms with Gasteiger partial charge in [0, 0.05) is 11.6 Å². The highest BCUT2D eigenvalue weighted by Gasteiger charge is 2.29. The summed E-state index contributed by atoms with van der Waals surface area (Å²) in [6.45, 7) is 3.69. The van der Waals surface area contributed by atoms with Crippen LogP contribution in [0.1, 0.15) is 36.3 Å². The smallest absolute Gasteiger partial charge is 0.167 e. The van der Waals surface area contributed by atoms with E-state index in [-0.39, 0.29) is 6.04 Å². The van der Waals surface area contributed by atoms with Crippen molar-refractivity contribution < 1.29 is 4.52 Å². The molecule has 3 heterocycles. The summed E-state index contributed by atoms with van der Waals surface area (Å²) in [4.78, 5) is 6.84. The third-order valence-corrected chi connectivity index (χ3v) is 4.26. The molecule has 0 spiro atoms. The summed E-state index contributed by atoms with van der Waals surface area (Å²) in [5, 5.41) is 11.4. The largest absolute Gasteiger partial charge is 0.359 e. The molecule has 1 aromatic carbocycles. The molecule has 0 bridgehead atoms. The molecule has 0 unspecified atom stereocenters. The van der Waals surface area contributed by atoms with Gasteiger partial charge in [-0.2, -0.15) is 5.10 Å². The number of H-pyrrole nitrogens is 1. The quantitative estimate of drug-likeness (QED) is 0.802. The van der Waals surface area contributed by atoms with E-state index < -0.39 is 0 Å². The standard InChI is InChI=1S/C17H19N5O/c1-12-18-17(20-19-12)16-8-5-9-22(16)11-14-10-15(21-23-14)13-6-3-2-4-7-13/h2-4,6-7,10,16H,5,8-9,11H2,1H3,(H,18,19,20)/t16-/m1/s1. The monoisotopic (exact) mass is 309 g/mol. The third-order valence-electron chi connectivity index (χ3n) is 4.26. The minimum atomic E-state index is 0.255. The molecule has 3 aromatic rings. The molecule has 118 valence electrons. The zero-order valence-corrected chi connectivity index (χ0v) is 13.1. The highest BCUT2D eigenvalue weighted by molar-refractivity contribution is 5.58. The van der Waals surface area contributed by atoms with Crippen molar-refractivity contribution >= 4 is 0 Å². The SMILES string of the molecule is Cc1nc([C@H]2CCCN2Cc2cc(-c3ccccc3)no2)n[nH]1. The van der Waals surface area contributed by atoms with Crippen LogP contribution in [0.25, 0.3) is 11.3 Å². The Morgan fingerprint density at radius 2 is 2.17 bits per heavy atom. The first-order chi connectivity index (χ1) is 11.3. The van der Waals surface area contributed by atoms with Crippen LogP contribution in [0.4, 0.5) is 0 Å². The summed E-state index contributed by atoms with van der Waals surface area (Å²) in [6.07, 6.45) is 2.23. The Hall–Kier alpha value is -2.47. The Kier molecular flexibility index (Phi) is 3.67. The topological polar surface area (TPSA) is 70.8 Å². The summed E-state index contributed by atoms with van der Waals surface area (Å²) in [5.74, 6) is 2.61. The lowest BCUT2D eigenvalue weighted by Gasteiger charge is -2.20. The highest BCUT2D eigenvalue weighted by Crippen LogP contribution is 2.31. The molecular weight excluding hydrogens is 290 g/mol. The van der Waals surface area contributed by atoms with Gasteiger partial charge in [-0.15, -0.1) is 0 Å². The molecule has 23 heavy (non-hydrogen) atoms. The van der Waals surface area contributed by atoms with Gasteiger partial charge in [0.1, 0.15) is 11.5 Å². The molecule has 4 rings (SSSR count). The van der Waals surface area contributed by atoms with Gasteiger partial charge in [0.05, 0.1) is 12.6 Å². The second kappa shape index (κ2) is 5.96. The van der Waals surface area contributed by atoms with Crippen LogP contribution in [0.15, 0.2) is 40.9 Å². The van der Waals surface area contributed by atoms with Crippen molar-refractivity contribution in [2.45, 2.75) is 32.4 Å². The van der Waals surface area contributed by atoms with E-state index in [1.54, 1.807) is 0 Å². The molecule has 0 amide bonds. The number of benzene rings is 1. The zero-order chi connectivity index (χ0) is 15.6. The molecule has 6 heteroatoms. The Morgan fingerprint density at radius 3 is 2.96 bits per heavy atom. The molecule has 1 fully saturated rings. The van der Waals surface area contributed by atoms with Crippen molar-refractivity contribution in [1.29, 1.82) is 0 Å². The van der Waals surface area contributed by atoms with Gasteiger partial charge >= 0.3 is 0 Å². The fourth-order valence-corrected chi connectivity index (χ4v) is 3.15. The Morgan fingerprint density at radius 1 is 1.30 bits per heavy atom. The number of hydrogen-bond acceptors (Lipinski definition) is 5. The maximum Gasteiger partial charge on any atom is 0.167 e. The van der Waals surface area contributed by atoms with Gasteiger partial charge < -0.3 is 4.52 Å². The first kappa shape index (κ1) is 14.1. The molecule has 1 saturated heterocycles. The van der Waals surface area contributed by atoms with Gasteiger partial charge in [0.2, 0.25) is 0 Å². The van der Waals surface area contributed by atoms with Crippen molar-refractivity contribution in [2.24, 2.45) is 0 Å². The zero-order valence-electron chi connectivity index (χ0n) is 13.1. The fourth-order valence-electron chi connectivity index (χ4n) is 3.15. The maximum atomic E-state index is 5.53. The minimum Gasteiger partial charge on any atom is -0.359 e. The van der Waals surface area contributed by atoms with Gasteiger partial charge in [-0.25, -0.2) is 4.98 Å². The maximum absolute atomic E-state index is 5.53. The van der Waals surface area contributed by atoms with E-state index in [0.717, 1.165) is 54.6 Å². The Balaban J connectivity index is 1.50. The molecule has 0 radical (unpaired) electrons. The summed E-state index contributed by atoms with van der Waals surface area (Å²) in [7, 11) is 0. The van der Waals surface area contributed by atoms with Crippen molar-refractivity contribution in [2.75, 3.05) is 6.54 Å². The van der Waals surface area contributed by atoms with Gasteiger partial charge in [-0.05, 0) is 26.3 Å². The number of aromatic amines is 1. The predicted octanol–water partition coefficient (Wildman–Crippen LogP) is 3.11. The molecule has 1 aliphatic rings. The van der Waals surface area contributed by atoms with Crippen molar-refractivity contribution in [3.05, 3.63) is 53.8 Å². The second-order valence-electron chi connectivity index (χ2n) is 5.95. The van der Waals surface area contributed by atoms with Gasteiger partial charge in [-0.1, -0.05) is 35.5 Å². The lowest BCUT2D eigenvalue weighted by Crippen LogP contribution is -2.23. The van der Waals surface area contributed by atoms with Crippen LogP contribution in [0, 0.1) is 6.92 Å². The average Bonchev–Trinajstić information content (AvgIpc) is 3.29. The van der Waals surface area contributed by atoms with Crippen molar-refractivity contribution in [3.8, 4) is 11.3 Å². The number of likely N-dealkylation sites (tertiary alicyclic amines) is 1. The highest BCUT2D eigenvalue weighted by atomic mass is 16.5. The number of nitrogens with one attached hydrogen (secondary N) is 1. The number of rotatable bonds is 4. The van der Waals surface area contributed by atoms with E-state index >= 15 is 0 Å². The van der Waals surface area contributed by atoms with E-state index in [1.165, 1.54) is 0 Å². The van der Waals surface area contributed by atoms with Crippen LogP contribution in [-0.4, -0.2) is 31.8 Å². The van der Waals surface area contributed by atoms with Gasteiger partial charge in [0.25, 0.3) is 0 Å². The molecule has 1 N–H and O–H groups in total. The first-order valence-corrected chi connectivity index (χ1v) is 7.93. The van der Waals surface area contributed by atoms with Crippen LogP contribution in [0.3, 0.4) is 0 Å². The van der Waals surface area contributed by atoms with E-state index in [1.807, 2.05) is 43.3 Å². The fraction of sp³-hybridized carbons (Fsp3) is 0.353. The molecular formula is C17H19N5O. The van der Waals surface area contributed by atoms with Crippen LogP contribution in [0.5, 0.6) is 0 Å². The van der Waals surface area contributed by atoms with Gasteiger partial charge in [-0.3, -0.25) is 10.00 Å². The third kappa shape index (κ3) is 2.90. The molecule has 2 aromatic heterocycles. The van der Waals surface area contributed by atoms with Crippen LogP contribution >= 0.6 is 0 Å². The number of aromatic nitrogens is 4. The van der Waals surface area contributed by atoms with Crippen LogP contribution in [0.2, 0.25) is 0 Å². The normalized spacial score (nSPS) is 18.6.